The Hall–Kier alpha value is -1.83. The molecule has 2 aromatic rings. The maximum absolute atomic E-state index is 9.53. The van der Waals surface area contributed by atoms with Crippen LogP contribution in [0, 0.1) is 0 Å². The van der Waals surface area contributed by atoms with Gasteiger partial charge < -0.3 is 15.2 Å². The van der Waals surface area contributed by atoms with Gasteiger partial charge in [-0.15, -0.1) is 5.10 Å². The number of aliphatic hydroxyl groups is 1. The van der Waals surface area contributed by atoms with Crippen molar-refractivity contribution in [3.8, 4) is 5.69 Å². The number of aromatic nitrogens is 4. The maximum Gasteiger partial charge on any atom is 0.170 e. The quantitative estimate of drug-likeness (QED) is 0.668. The average Bonchev–Trinajstić information content (AvgIpc) is 2.93. The van der Waals surface area contributed by atoms with Crippen LogP contribution in [0.15, 0.2) is 30.3 Å². The van der Waals surface area contributed by atoms with Gasteiger partial charge in [-0.3, -0.25) is 0 Å². The van der Waals surface area contributed by atoms with Crippen molar-refractivity contribution in [1.29, 1.82) is 0 Å². The van der Waals surface area contributed by atoms with Crippen LogP contribution in [0.3, 0.4) is 0 Å². The Morgan fingerprint density at radius 1 is 1.35 bits per heavy atom. The molecule has 0 amide bonds. The lowest BCUT2D eigenvalue weighted by Gasteiger charge is -2.10. The Morgan fingerprint density at radius 2 is 2.15 bits per heavy atom. The number of hydrogen-bond acceptors (Lipinski definition) is 6. The van der Waals surface area contributed by atoms with Crippen LogP contribution in [-0.2, 0) is 11.3 Å². The van der Waals surface area contributed by atoms with Gasteiger partial charge in [0.05, 0.1) is 24.9 Å². The van der Waals surface area contributed by atoms with Crippen molar-refractivity contribution < 1.29 is 9.84 Å². The number of benzene rings is 1. The maximum atomic E-state index is 9.53. The van der Waals surface area contributed by atoms with Crippen molar-refractivity contribution >= 4 is 0 Å². The number of aliphatic hydroxyl groups excluding tert-OH is 1. The molecular weight excluding hydrogens is 258 g/mol. The third kappa shape index (κ3) is 4.09. The summed E-state index contributed by atoms with van der Waals surface area (Å²) in [6.45, 7) is 1.57. The highest BCUT2D eigenvalue weighted by Crippen LogP contribution is 2.06. The SMILES string of the molecule is COCC(O)CCNCc1nnnn1-c1ccccc1. The van der Waals surface area contributed by atoms with E-state index in [1.165, 1.54) is 0 Å². The smallest absolute Gasteiger partial charge is 0.170 e. The third-order valence-electron chi connectivity index (χ3n) is 2.83. The van der Waals surface area contributed by atoms with Gasteiger partial charge in [-0.1, -0.05) is 18.2 Å². The molecule has 0 fully saturated rings. The largest absolute Gasteiger partial charge is 0.391 e. The Balaban J connectivity index is 1.84. The van der Waals surface area contributed by atoms with Crippen LogP contribution in [0.2, 0.25) is 0 Å². The van der Waals surface area contributed by atoms with E-state index < -0.39 is 6.10 Å². The summed E-state index contributed by atoms with van der Waals surface area (Å²) < 4.78 is 6.56. The highest BCUT2D eigenvalue weighted by Gasteiger charge is 2.08. The second kappa shape index (κ2) is 7.68. The minimum Gasteiger partial charge on any atom is -0.391 e. The van der Waals surface area contributed by atoms with E-state index in [-0.39, 0.29) is 0 Å². The fourth-order valence-corrected chi connectivity index (χ4v) is 1.83. The number of hydrogen-bond donors (Lipinski definition) is 2. The highest BCUT2D eigenvalue weighted by atomic mass is 16.5. The topological polar surface area (TPSA) is 85.1 Å². The molecule has 0 saturated heterocycles. The fraction of sp³-hybridized carbons (Fsp3) is 0.462. The lowest BCUT2D eigenvalue weighted by atomic mass is 10.2. The van der Waals surface area contributed by atoms with Gasteiger partial charge in [-0.05, 0) is 35.5 Å². The number of rotatable bonds is 8. The van der Waals surface area contributed by atoms with Crippen molar-refractivity contribution in [3.63, 3.8) is 0 Å². The Morgan fingerprint density at radius 3 is 2.90 bits per heavy atom. The predicted molar refractivity (Wildman–Crippen MR) is 73.4 cm³/mol. The molecule has 7 nitrogen and oxygen atoms in total. The first-order valence-corrected chi connectivity index (χ1v) is 6.51. The van der Waals surface area contributed by atoms with E-state index >= 15 is 0 Å². The Labute approximate surface area is 117 Å². The van der Waals surface area contributed by atoms with E-state index in [4.69, 9.17) is 4.74 Å². The summed E-state index contributed by atoms with van der Waals surface area (Å²) >= 11 is 0. The van der Waals surface area contributed by atoms with Crippen LogP contribution < -0.4 is 5.32 Å². The van der Waals surface area contributed by atoms with E-state index in [1.54, 1.807) is 11.8 Å². The summed E-state index contributed by atoms with van der Waals surface area (Å²) in [6.07, 6.45) is 0.179. The van der Waals surface area contributed by atoms with E-state index in [9.17, 15) is 5.11 Å². The molecule has 0 bridgehead atoms. The minimum atomic E-state index is -0.447. The molecular formula is C13H19N5O2. The molecule has 1 atom stereocenters. The number of para-hydroxylation sites is 1. The fourth-order valence-electron chi connectivity index (χ4n) is 1.83. The summed E-state index contributed by atoms with van der Waals surface area (Å²) in [4.78, 5) is 0. The van der Waals surface area contributed by atoms with E-state index in [1.807, 2.05) is 30.3 Å². The highest BCUT2D eigenvalue weighted by molar-refractivity contribution is 5.30. The number of ether oxygens (including phenoxy) is 1. The Kier molecular flexibility index (Phi) is 5.60. The Bertz CT molecular complexity index is 502. The van der Waals surface area contributed by atoms with Crippen LogP contribution in [-0.4, -0.2) is 51.7 Å². The zero-order chi connectivity index (χ0) is 14.2. The standard InChI is InChI=1S/C13H19N5O2/c1-20-10-12(19)7-8-14-9-13-15-16-17-18(13)11-5-3-2-4-6-11/h2-6,12,14,19H,7-10H2,1H3. The molecule has 0 saturated carbocycles. The molecule has 1 aromatic heterocycles. The van der Waals surface area contributed by atoms with Crippen molar-refractivity contribution in [1.82, 2.24) is 25.5 Å². The van der Waals surface area contributed by atoms with Crippen LogP contribution in [0.4, 0.5) is 0 Å². The van der Waals surface area contributed by atoms with Crippen molar-refractivity contribution in [3.05, 3.63) is 36.2 Å². The molecule has 2 N–H and O–H groups in total. The predicted octanol–water partition coefficient (Wildman–Crippen LogP) is 0.149. The third-order valence-corrected chi connectivity index (χ3v) is 2.83. The lowest BCUT2D eigenvalue weighted by molar-refractivity contribution is 0.0594. The number of nitrogens with zero attached hydrogens (tertiary/aromatic N) is 4. The van der Waals surface area contributed by atoms with Gasteiger partial charge in [0.15, 0.2) is 5.82 Å². The first-order chi connectivity index (χ1) is 9.81. The molecule has 2 rings (SSSR count). The summed E-state index contributed by atoms with van der Waals surface area (Å²) in [6, 6.07) is 9.72. The molecule has 7 heteroatoms. The number of tetrazole rings is 1. The van der Waals surface area contributed by atoms with Gasteiger partial charge in [0.25, 0.3) is 0 Å². The van der Waals surface area contributed by atoms with Gasteiger partial charge in [0.1, 0.15) is 0 Å². The second-order valence-corrected chi connectivity index (χ2v) is 4.42. The van der Waals surface area contributed by atoms with Gasteiger partial charge in [0.2, 0.25) is 0 Å². The van der Waals surface area contributed by atoms with Gasteiger partial charge >= 0.3 is 0 Å². The van der Waals surface area contributed by atoms with Crippen LogP contribution in [0.5, 0.6) is 0 Å². The molecule has 0 aliphatic heterocycles. The second-order valence-electron chi connectivity index (χ2n) is 4.42. The molecule has 20 heavy (non-hydrogen) atoms. The monoisotopic (exact) mass is 277 g/mol. The summed E-state index contributed by atoms with van der Waals surface area (Å²) in [5, 5.41) is 24.4. The summed E-state index contributed by atoms with van der Waals surface area (Å²) in [5.74, 6) is 0.734. The van der Waals surface area contributed by atoms with E-state index in [2.05, 4.69) is 20.8 Å². The molecule has 1 unspecified atom stereocenters. The molecule has 1 aromatic carbocycles. The normalized spacial score (nSPS) is 12.5. The average molecular weight is 277 g/mol. The van der Waals surface area contributed by atoms with E-state index in [0.717, 1.165) is 11.5 Å². The molecule has 108 valence electrons. The first kappa shape index (κ1) is 14.6. The number of methoxy groups -OCH3 is 1. The number of nitrogens with one attached hydrogen (secondary N) is 1. The molecule has 0 radical (unpaired) electrons. The van der Waals surface area contributed by atoms with Crippen molar-refractivity contribution in [2.45, 2.75) is 19.1 Å². The summed E-state index contributed by atoms with van der Waals surface area (Å²) in [5.41, 5.74) is 0.925. The zero-order valence-corrected chi connectivity index (χ0v) is 11.4. The minimum absolute atomic E-state index is 0.351. The van der Waals surface area contributed by atoms with Crippen LogP contribution in [0.1, 0.15) is 12.2 Å². The zero-order valence-electron chi connectivity index (χ0n) is 11.4. The van der Waals surface area contributed by atoms with Crippen LogP contribution in [0.25, 0.3) is 5.69 Å². The molecule has 0 spiro atoms. The molecule has 1 heterocycles. The van der Waals surface area contributed by atoms with Gasteiger partial charge in [-0.2, -0.15) is 4.68 Å². The van der Waals surface area contributed by atoms with Gasteiger partial charge in [0, 0.05) is 7.11 Å². The van der Waals surface area contributed by atoms with Crippen molar-refractivity contribution in [2.24, 2.45) is 0 Å². The van der Waals surface area contributed by atoms with Gasteiger partial charge in [-0.25, -0.2) is 0 Å². The van der Waals surface area contributed by atoms with Crippen LogP contribution >= 0.6 is 0 Å². The van der Waals surface area contributed by atoms with Crippen molar-refractivity contribution in [2.75, 3.05) is 20.3 Å². The molecule has 0 aliphatic carbocycles. The summed E-state index contributed by atoms with van der Waals surface area (Å²) in [7, 11) is 1.57. The van der Waals surface area contributed by atoms with E-state index in [0.29, 0.717) is 26.1 Å². The molecule has 0 aliphatic rings. The lowest BCUT2D eigenvalue weighted by Crippen LogP contribution is -2.24. The first-order valence-electron chi connectivity index (χ1n) is 6.51.